The highest BCUT2D eigenvalue weighted by Crippen LogP contribution is 2.26. The van der Waals surface area contributed by atoms with Crippen molar-refractivity contribution < 1.29 is 27.8 Å². The standard InChI is InChI=1S/C18H16F2N4O4S2/c1-3-27-15(26)13-9(2)21-18(30-13)24-14(25)12-8-29-17(23-12)22-10-4-6-11(7-5-10)28-16(19)20/h4-8,16H,3H2,1-2H3,(H,22,23)(H,21,24,25). The van der Waals surface area contributed by atoms with E-state index in [1.807, 2.05) is 0 Å². The number of rotatable bonds is 8. The Labute approximate surface area is 177 Å². The topological polar surface area (TPSA) is 102 Å². The third kappa shape index (κ3) is 5.48. The quantitative estimate of drug-likeness (QED) is 0.476. The van der Waals surface area contributed by atoms with E-state index in [9.17, 15) is 18.4 Å². The first-order chi connectivity index (χ1) is 14.4. The fourth-order valence-corrected chi connectivity index (χ4v) is 3.84. The molecule has 0 unspecified atom stereocenters. The van der Waals surface area contributed by atoms with E-state index in [2.05, 4.69) is 25.3 Å². The zero-order chi connectivity index (χ0) is 21.7. The summed E-state index contributed by atoms with van der Waals surface area (Å²) >= 11 is 2.22. The molecule has 0 radical (unpaired) electrons. The maximum Gasteiger partial charge on any atom is 0.387 e. The summed E-state index contributed by atoms with van der Waals surface area (Å²) in [5.74, 6) is -0.932. The van der Waals surface area contributed by atoms with Gasteiger partial charge in [0.15, 0.2) is 10.3 Å². The molecular weight excluding hydrogens is 438 g/mol. The molecule has 0 aliphatic rings. The van der Waals surface area contributed by atoms with Crippen LogP contribution in [0.5, 0.6) is 5.75 Å². The highest BCUT2D eigenvalue weighted by atomic mass is 32.1. The molecule has 0 saturated carbocycles. The molecular formula is C18H16F2N4O4S2. The minimum absolute atomic E-state index is 0.0377. The molecule has 0 bridgehead atoms. The smallest absolute Gasteiger partial charge is 0.387 e. The number of anilines is 3. The van der Waals surface area contributed by atoms with Gasteiger partial charge in [0.25, 0.3) is 5.91 Å². The number of thiazole rings is 2. The Morgan fingerprint density at radius 1 is 1.17 bits per heavy atom. The van der Waals surface area contributed by atoms with Crippen molar-refractivity contribution in [2.45, 2.75) is 20.5 Å². The van der Waals surface area contributed by atoms with Crippen LogP contribution in [0, 0.1) is 6.92 Å². The van der Waals surface area contributed by atoms with E-state index in [4.69, 9.17) is 4.74 Å². The zero-order valence-electron chi connectivity index (χ0n) is 15.8. The molecule has 3 rings (SSSR count). The van der Waals surface area contributed by atoms with Crippen LogP contribution in [0.15, 0.2) is 29.6 Å². The first-order valence-corrected chi connectivity index (χ1v) is 10.3. The number of ether oxygens (including phenoxy) is 2. The van der Waals surface area contributed by atoms with Crippen LogP contribution in [0.25, 0.3) is 0 Å². The molecule has 0 aliphatic heterocycles. The summed E-state index contributed by atoms with van der Waals surface area (Å²) in [6, 6.07) is 5.88. The molecule has 2 aromatic heterocycles. The number of aromatic nitrogens is 2. The van der Waals surface area contributed by atoms with Crippen molar-refractivity contribution in [3.05, 3.63) is 45.9 Å². The van der Waals surface area contributed by atoms with Gasteiger partial charge in [-0.3, -0.25) is 10.1 Å². The number of carbonyl (C=O) groups excluding carboxylic acids is 2. The first kappa shape index (κ1) is 21.6. The van der Waals surface area contributed by atoms with Crippen molar-refractivity contribution in [2.75, 3.05) is 17.2 Å². The van der Waals surface area contributed by atoms with E-state index in [1.165, 1.54) is 23.5 Å². The number of aryl methyl sites for hydroxylation is 1. The van der Waals surface area contributed by atoms with Crippen LogP contribution in [-0.2, 0) is 4.74 Å². The Morgan fingerprint density at radius 3 is 2.57 bits per heavy atom. The molecule has 2 heterocycles. The van der Waals surface area contributed by atoms with Gasteiger partial charge < -0.3 is 14.8 Å². The van der Waals surface area contributed by atoms with Gasteiger partial charge in [-0.05, 0) is 38.1 Å². The number of nitrogens with zero attached hydrogens (tertiary/aromatic N) is 2. The maximum atomic E-state index is 12.4. The van der Waals surface area contributed by atoms with E-state index in [1.54, 1.807) is 31.4 Å². The Hall–Kier alpha value is -3.12. The van der Waals surface area contributed by atoms with Gasteiger partial charge >= 0.3 is 12.6 Å². The van der Waals surface area contributed by atoms with Gasteiger partial charge in [-0.2, -0.15) is 8.78 Å². The molecule has 0 spiro atoms. The summed E-state index contributed by atoms with van der Waals surface area (Å²) in [5, 5.41) is 7.84. The van der Waals surface area contributed by atoms with Gasteiger partial charge in [-0.1, -0.05) is 11.3 Å². The Kier molecular flexibility index (Phi) is 6.90. The van der Waals surface area contributed by atoms with E-state index in [-0.39, 0.29) is 23.2 Å². The fourth-order valence-electron chi connectivity index (χ4n) is 2.28. The number of benzene rings is 1. The summed E-state index contributed by atoms with van der Waals surface area (Å²) in [4.78, 5) is 33.0. The average molecular weight is 454 g/mol. The predicted octanol–water partition coefficient (Wildman–Crippen LogP) is 4.68. The summed E-state index contributed by atoms with van der Waals surface area (Å²) < 4.78 is 33.6. The SMILES string of the molecule is CCOC(=O)c1sc(NC(=O)c2csc(Nc3ccc(OC(F)F)cc3)n2)nc1C. The summed E-state index contributed by atoms with van der Waals surface area (Å²) in [6.07, 6.45) is 0. The molecule has 1 aromatic carbocycles. The van der Waals surface area contributed by atoms with Crippen LogP contribution < -0.4 is 15.4 Å². The number of carbonyl (C=O) groups is 2. The lowest BCUT2D eigenvalue weighted by atomic mass is 10.3. The maximum absolute atomic E-state index is 12.4. The van der Waals surface area contributed by atoms with Crippen LogP contribution in [-0.4, -0.2) is 35.1 Å². The lowest BCUT2D eigenvalue weighted by Gasteiger charge is -2.06. The summed E-state index contributed by atoms with van der Waals surface area (Å²) in [6.45, 7) is 0.713. The highest BCUT2D eigenvalue weighted by molar-refractivity contribution is 7.17. The van der Waals surface area contributed by atoms with Crippen molar-refractivity contribution in [1.29, 1.82) is 0 Å². The number of hydrogen-bond donors (Lipinski definition) is 2. The molecule has 1 amide bonds. The Bertz CT molecular complexity index is 1040. The van der Waals surface area contributed by atoms with Crippen LogP contribution >= 0.6 is 22.7 Å². The van der Waals surface area contributed by atoms with Crippen LogP contribution in [0.4, 0.5) is 24.7 Å². The van der Waals surface area contributed by atoms with Gasteiger partial charge in [-0.25, -0.2) is 14.8 Å². The van der Waals surface area contributed by atoms with Gasteiger partial charge in [0, 0.05) is 11.1 Å². The second-order valence-corrected chi connectivity index (χ2v) is 7.53. The number of amides is 1. The third-order valence-corrected chi connectivity index (χ3v) is 5.36. The summed E-state index contributed by atoms with van der Waals surface area (Å²) in [5.41, 5.74) is 1.21. The number of hydrogen-bond acceptors (Lipinski definition) is 9. The second-order valence-electron chi connectivity index (χ2n) is 5.67. The minimum atomic E-state index is -2.89. The molecule has 30 heavy (non-hydrogen) atoms. The highest BCUT2D eigenvalue weighted by Gasteiger charge is 2.19. The molecule has 0 fully saturated rings. The molecule has 2 N–H and O–H groups in total. The average Bonchev–Trinajstić information content (AvgIpc) is 3.30. The number of esters is 1. The molecule has 8 nitrogen and oxygen atoms in total. The predicted molar refractivity (Wildman–Crippen MR) is 109 cm³/mol. The van der Waals surface area contributed by atoms with Crippen LogP contribution in [0.1, 0.15) is 32.8 Å². The van der Waals surface area contributed by atoms with E-state index in [0.717, 1.165) is 11.3 Å². The lowest BCUT2D eigenvalue weighted by molar-refractivity contribution is -0.0498. The molecule has 0 aliphatic carbocycles. The zero-order valence-corrected chi connectivity index (χ0v) is 17.4. The van der Waals surface area contributed by atoms with E-state index >= 15 is 0 Å². The van der Waals surface area contributed by atoms with Gasteiger partial charge in [0.05, 0.1) is 12.3 Å². The first-order valence-electron chi connectivity index (χ1n) is 8.59. The number of alkyl halides is 2. The molecule has 158 valence electrons. The van der Waals surface area contributed by atoms with Crippen molar-refractivity contribution in [3.63, 3.8) is 0 Å². The van der Waals surface area contributed by atoms with Crippen molar-refractivity contribution >= 4 is 50.5 Å². The summed E-state index contributed by atoms with van der Waals surface area (Å²) in [7, 11) is 0. The Morgan fingerprint density at radius 2 is 1.90 bits per heavy atom. The van der Waals surface area contributed by atoms with Crippen LogP contribution in [0.2, 0.25) is 0 Å². The second kappa shape index (κ2) is 9.59. The third-order valence-electron chi connectivity index (χ3n) is 3.55. The van der Waals surface area contributed by atoms with Crippen molar-refractivity contribution in [1.82, 2.24) is 9.97 Å². The van der Waals surface area contributed by atoms with Crippen molar-refractivity contribution in [2.24, 2.45) is 0 Å². The van der Waals surface area contributed by atoms with Gasteiger partial charge in [0.2, 0.25) is 0 Å². The molecule has 0 saturated heterocycles. The molecule has 12 heteroatoms. The van der Waals surface area contributed by atoms with E-state index in [0.29, 0.717) is 21.4 Å². The number of nitrogens with one attached hydrogen (secondary N) is 2. The van der Waals surface area contributed by atoms with Gasteiger partial charge in [-0.15, -0.1) is 11.3 Å². The largest absolute Gasteiger partial charge is 0.462 e. The lowest BCUT2D eigenvalue weighted by Crippen LogP contribution is -2.12. The monoisotopic (exact) mass is 454 g/mol. The Balaban J connectivity index is 1.62. The van der Waals surface area contributed by atoms with E-state index < -0.39 is 18.5 Å². The van der Waals surface area contributed by atoms with Crippen LogP contribution in [0.3, 0.4) is 0 Å². The molecule has 0 atom stereocenters. The fraction of sp³-hybridized carbons (Fsp3) is 0.222. The van der Waals surface area contributed by atoms with Crippen molar-refractivity contribution in [3.8, 4) is 5.75 Å². The van der Waals surface area contributed by atoms with Gasteiger partial charge in [0.1, 0.15) is 16.3 Å². The normalized spacial score (nSPS) is 10.7. The molecule has 3 aromatic rings. The minimum Gasteiger partial charge on any atom is -0.462 e. The number of halogens is 2.